The van der Waals surface area contributed by atoms with Crippen LogP contribution in [-0.2, 0) is 0 Å². The van der Waals surface area contributed by atoms with Gasteiger partial charge < -0.3 is 4.98 Å². The van der Waals surface area contributed by atoms with E-state index in [9.17, 15) is 0 Å². The first-order chi connectivity index (χ1) is 6.25. The number of hydrogen-bond acceptors (Lipinski definition) is 0. The average molecular weight is 301 g/mol. The van der Waals surface area contributed by atoms with Gasteiger partial charge in [0.2, 0.25) is 0 Å². The summed E-state index contributed by atoms with van der Waals surface area (Å²) in [5, 5.41) is 0. The number of H-pyrrole nitrogens is 1. The molecular weight excluding hydrogens is 294 g/mol. The smallest absolute Gasteiger partial charge is 0.0454 e. The maximum Gasteiger partial charge on any atom is 0.0454 e. The molecular formula is C10H7Br2N. The summed E-state index contributed by atoms with van der Waals surface area (Å²) in [7, 11) is 0. The Hall–Kier alpha value is -0.540. The molecule has 66 valence electrons. The van der Waals surface area contributed by atoms with E-state index in [2.05, 4.69) is 49.0 Å². The Morgan fingerprint density at radius 2 is 1.69 bits per heavy atom. The highest BCUT2D eigenvalue weighted by atomic mass is 79.9. The number of hydrogen-bond donors (Lipinski definition) is 1. The zero-order chi connectivity index (χ0) is 9.26. The van der Waals surface area contributed by atoms with Crippen molar-refractivity contribution >= 4 is 31.9 Å². The Morgan fingerprint density at radius 3 is 2.23 bits per heavy atom. The fraction of sp³-hybridized carbons (Fsp3) is 0. The second kappa shape index (κ2) is 3.68. The van der Waals surface area contributed by atoms with Crippen LogP contribution < -0.4 is 0 Å². The fourth-order valence-corrected chi connectivity index (χ4v) is 2.51. The topological polar surface area (TPSA) is 15.8 Å². The van der Waals surface area contributed by atoms with E-state index in [1.807, 2.05) is 24.4 Å². The molecule has 1 aromatic carbocycles. The molecule has 13 heavy (non-hydrogen) atoms. The van der Waals surface area contributed by atoms with Crippen LogP contribution in [-0.4, -0.2) is 4.98 Å². The number of aromatic amines is 1. The molecule has 0 aliphatic heterocycles. The lowest BCUT2D eigenvalue weighted by Gasteiger charge is -2.00. The number of rotatable bonds is 1. The molecule has 2 aromatic rings. The minimum Gasteiger partial charge on any atom is -0.361 e. The number of benzene rings is 1. The molecule has 0 unspecified atom stereocenters. The predicted molar refractivity (Wildman–Crippen MR) is 61.6 cm³/mol. The molecule has 0 aliphatic rings. The van der Waals surface area contributed by atoms with Crippen LogP contribution in [0.1, 0.15) is 0 Å². The number of halogens is 2. The van der Waals surface area contributed by atoms with Gasteiger partial charge in [0.1, 0.15) is 0 Å². The third-order valence-corrected chi connectivity index (χ3v) is 2.69. The molecule has 0 atom stereocenters. The highest BCUT2D eigenvalue weighted by Gasteiger charge is 2.00. The quantitative estimate of drug-likeness (QED) is 0.812. The minimum atomic E-state index is 1.08. The van der Waals surface area contributed by atoms with Gasteiger partial charge in [0.05, 0.1) is 0 Å². The van der Waals surface area contributed by atoms with Crippen LogP contribution in [0, 0.1) is 0 Å². The van der Waals surface area contributed by atoms with E-state index < -0.39 is 0 Å². The molecule has 0 amide bonds. The predicted octanol–water partition coefficient (Wildman–Crippen LogP) is 4.21. The van der Waals surface area contributed by atoms with Crippen LogP contribution in [0.5, 0.6) is 0 Å². The van der Waals surface area contributed by atoms with Gasteiger partial charge in [-0.25, -0.2) is 0 Å². The maximum atomic E-state index is 3.45. The summed E-state index contributed by atoms with van der Waals surface area (Å²) in [6, 6.07) is 10.2. The first-order valence-electron chi connectivity index (χ1n) is 3.85. The van der Waals surface area contributed by atoms with Gasteiger partial charge >= 0.3 is 0 Å². The molecule has 0 bridgehead atoms. The van der Waals surface area contributed by atoms with E-state index in [1.165, 1.54) is 5.56 Å². The van der Waals surface area contributed by atoms with E-state index in [-0.39, 0.29) is 0 Å². The largest absolute Gasteiger partial charge is 0.361 e. The van der Waals surface area contributed by atoms with Gasteiger partial charge in [0, 0.05) is 26.4 Å². The van der Waals surface area contributed by atoms with E-state index in [1.54, 1.807) is 0 Å². The van der Waals surface area contributed by atoms with Crippen molar-refractivity contribution in [1.29, 1.82) is 0 Å². The van der Waals surface area contributed by atoms with E-state index >= 15 is 0 Å². The van der Waals surface area contributed by atoms with Crippen LogP contribution in [0.15, 0.2) is 45.5 Å². The zero-order valence-electron chi connectivity index (χ0n) is 6.72. The van der Waals surface area contributed by atoms with Crippen LogP contribution in [0.3, 0.4) is 0 Å². The zero-order valence-corrected chi connectivity index (χ0v) is 9.89. The minimum absolute atomic E-state index is 1.08. The van der Waals surface area contributed by atoms with Crippen molar-refractivity contribution < 1.29 is 0 Å². The molecule has 2 rings (SSSR count). The van der Waals surface area contributed by atoms with Gasteiger partial charge in [-0.1, -0.05) is 31.9 Å². The Balaban J connectivity index is 2.53. The molecule has 3 heteroatoms. The molecule has 1 N–H and O–H groups in total. The van der Waals surface area contributed by atoms with Crippen molar-refractivity contribution in [2.75, 3.05) is 0 Å². The Kier molecular flexibility index (Phi) is 2.56. The summed E-state index contributed by atoms with van der Waals surface area (Å²) >= 11 is 6.91. The van der Waals surface area contributed by atoms with E-state index in [0.29, 0.717) is 0 Å². The SMILES string of the molecule is Brc1cc(Br)cc(-c2ccc[nH]2)c1. The van der Waals surface area contributed by atoms with E-state index in [0.717, 1.165) is 14.6 Å². The standard InChI is InChI=1S/C10H7Br2N/c11-8-4-7(5-9(12)6-8)10-2-1-3-13-10/h1-6,13H. The fourth-order valence-electron chi connectivity index (χ4n) is 1.22. The Bertz CT molecular complexity index is 387. The lowest BCUT2D eigenvalue weighted by atomic mass is 10.2. The number of aromatic nitrogens is 1. The summed E-state index contributed by atoms with van der Waals surface area (Å²) < 4.78 is 2.15. The van der Waals surface area contributed by atoms with Gasteiger partial charge in [-0.2, -0.15) is 0 Å². The van der Waals surface area contributed by atoms with Gasteiger partial charge in [0.25, 0.3) is 0 Å². The second-order valence-corrected chi connectivity index (χ2v) is 4.57. The highest BCUT2D eigenvalue weighted by Crippen LogP contribution is 2.26. The van der Waals surface area contributed by atoms with Crippen molar-refractivity contribution in [2.45, 2.75) is 0 Å². The van der Waals surface area contributed by atoms with Crippen LogP contribution >= 0.6 is 31.9 Å². The van der Waals surface area contributed by atoms with Crippen molar-refractivity contribution in [2.24, 2.45) is 0 Å². The average Bonchev–Trinajstić information content (AvgIpc) is 2.53. The van der Waals surface area contributed by atoms with Gasteiger partial charge in [-0.3, -0.25) is 0 Å². The molecule has 0 spiro atoms. The summed E-state index contributed by atoms with van der Waals surface area (Å²) in [5.74, 6) is 0. The van der Waals surface area contributed by atoms with Crippen LogP contribution in [0.2, 0.25) is 0 Å². The Labute approximate surface area is 93.4 Å². The van der Waals surface area contributed by atoms with Gasteiger partial charge in [-0.15, -0.1) is 0 Å². The second-order valence-electron chi connectivity index (χ2n) is 2.74. The lowest BCUT2D eigenvalue weighted by molar-refractivity contribution is 1.39. The molecule has 1 heterocycles. The van der Waals surface area contributed by atoms with Crippen molar-refractivity contribution in [1.82, 2.24) is 4.98 Å². The molecule has 0 fully saturated rings. The number of nitrogens with one attached hydrogen (secondary N) is 1. The summed E-state index contributed by atoms with van der Waals surface area (Å²) in [6.45, 7) is 0. The molecule has 0 saturated carbocycles. The van der Waals surface area contributed by atoms with E-state index in [4.69, 9.17) is 0 Å². The van der Waals surface area contributed by atoms with Crippen molar-refractivity contribution in [3.63, 3.8) is 0 Å². The lowest BCUT2D eigenvalue weighted by Crippen LogP contribution is -1.77. The van der Waals surface area contributed by atoms with Gasteiger partial charge in [-0.05, 0) is 30.3 Å². The molecule has 1 aromatic heterocycles. The van der Waals surface area contributed by atoms with Crippen LogP contribution in [0.4, 0.5) is 0 Å². The first-order valence-corrected chi connectivity index (χ1v) is 5.44. The summed E-state index contributed by atoms with van der Waals surface area (Å²) in [4.78, 5) is 3.17. The molecule has 1 nitrogen and oxygen atoms in total. The molecule has 0 aliphatic carbocycles. The first kappa shape index (κ1) is 9.03. The highest BCUT2D eigenvalue weighted by molar-refractivity contribution is 9.11. The third-order valence-electron chi connectivity index (χ3n) is 1.77. The summed E-state index contributed by atoms with van der Waals surface area (Å²) in [5.41, 5.74) is 2.30. The molecule has 0 radical (unpaired) electrons. The molecule has 0 saturated heterocycles. The Morgan fingerprint density at radius 1 is 1.00 bits per heavy atom. The summed E-state index contributed by atoms with van der Waals surface area (Å²) in [6.07, 6.45) is 1.92. The monoisotopic (exact) mass is 299 g/mol. The van der Waals surface area contributed by atoms with Gasteiger partial charge in [0.15, 0.2) is 0 Å². The maximum absolute atomic E-state index is 3.45. The van der Waals surface area contributed by atoms with Crippen molar-refractivity contribution in [3.05, 3.63) is 45.5 Å². The normalized spacial score (nSPS) is 10.3. The third kappa shape index (κ3) is 2.03. The van der Waals surface area contributed by atoms with Crippen molar-refractivity contribution in [3.8, 4) is 11.3 Å². The van der Waals surface area contributed by atoms with Crippen LogP contribution in [0.25, 0.3) is 11.3 Å².